The van der Waals surface area contributed by atoms with Crippen LogP contribution < -0.4 is 0 Å². The number of para-hydroxylation sites is 1. The van der Waals surface area contributed by atoms with Crippen molar-refractivity contribution in [1.29, 1.82) is 5.26 Å². The van der Waals surface area contributed by atoms with Crippen molar-refractivity contribution >= 4 is 16.9 Å². The first-order chi connectivity index (χ1) is 11.3. The number of aromatic amines is 1. The highest BCUT2D eigenvalue weighted by Gasteiger charge is 2.33. The summed E-state index contributed by atoms with van der Waals surface area (Å²) in [6.07, 6.45) is 1.87. The number of carbonyl (C=O) groups is 1. The summed E-state index contributed by atoms with van der Waals surface area (Å²) in [4.78, 5) is 15.3. The molecule has 3 aromatic rings. The van der Waals surface area contributed by atoms with E-state index in [2.05, 4.69) is 11.1 Å². The van der Waals surface area contributed by atoms with Gasteiger partial charge in [0.25, 0.3) is 0 Å². The number of carbonyl (C=O) groups excluding carboxylic acids is 1. The van der Waals surface area contributed by atoms with Gasteiger partial charge in [0.15, 0.2) is 5.92 Å². The van der Waals surface area contributed by atoms with Crippen molar-refractivity contribution in [2.24, 2.45) is 5.92 Å². The van der Waals surface area contributed by atoms with Gasteiger partial charge in [-0.3, -0.25) is 4.79 Å². The van der Waals surface area contributed by atoms with Gasteiger partial charge < -0.3 is 9.72 Å². The van der Waals surface area contributed by atoms with E-state index in [4.69, 9.17) is 4.74 Å². The molecule has 23 heavy (non-hydrogen) atoms. The SMILES string of the molecule is COC(=O)C(C#N)C(c1ccccc1)c1c[nH]c2ccccc12. The summed E-state index contributed by atoms with van der Waals surface area (Å²) in [6, 6.07) is 19.6. The number of nitrogens with one attached hydrogen (secondary N) is 1. The maximum atomic E-state index is 12.1. The number of hydrogen-bond donors (Lipinski definition) is 1. The highest BCUT2D eigenvalue weighted by molar-refractivity contribution is 5.86. The summed E-state index contributed by atoms with van der Waals surface area (Å²) in [6.45, 7) is 0. The third-order valence-electron chi connectivity index (χ3n) is 4.04. The van der Waals surface area contributed by atoms with E-state index in [1.165, 1.54) is 7.11 Å². The molecule has 1 aromatic heterocycles. The van der Waals surface area contributed by atoms with E-state index in [1.807, 2.05) is 60.8 Å². The van der Waals surface area contributed by atoms with Gasteiger partial charge in [0.1, 0.15) is 0 Å². The van der Waals surface area contributed by atoms with Gasteiger partial charge in [-0.2, -0.15) is 5.26 Å². The Kier molecular flexibility index (Phi) is 4.11. The number of fused-ring (bicyclic) bond motifs is 1. The van der Waals surface area contributed by atoms with Crippen LogP contribution in [0.3, 0.4) is 0 Å². The summed E-state index contributed by atoms with van der Waals surface area (Å²) in [5, 5.41) is 10.6. The van der Waals surface area contributed by atoms with Crippen LogP contribution >= 0.6 is 0 Å². The Labute approximate surface area is 134 Å². The van der Waals surface area contributed by atoms with Gasteiger partial charge >= 0.3 is 5.97 Å². The van der Waals surface area contributed by atoms with Crippen molar-refractivity contribution in [3.8, 4) is 6.07 Å². The summed E-state index contributed by atoms with van der Waals surface area (Å²) in [5.41, 5.74) is 2.81. The fourth-order valence-electron chi connectivity index (χ4n) is 2.95. The summed E-state index contributed by atoms with van der Waals surface area (Å²) < 4.78 is 4.84. The minimum Gasteiger partial charge on any atom is -0.468 e. The Morgan fingerprint density at radius 1 is 1.13 bits per heavy atom. The number of rotatable bonds is 4. The summed E-state index contributed by atoms with van der Waals surface area (Å²) in [7, 11) is 1.31. The van der Waals surface area contributed by atoms with Crippen LogP contribution in [-0.2, 0) is 9.53 Å². The molecule has 0 aliphatic carbocycles. The number of H-pyrrole nitrogens is 1. The lowest BCUT2D eigenvalue weighted by molar-refractivity contribution is -0.143. The summed E-state index contributed by atoms with van der Waals surface area (Å²) >= 11 is 0. The molecule has 0 radical (unpaired) electrons. The van der Waals surface area contributed by atoms with Gasteiger partial charge in [-0.05, 0) is 17.2 Å². The number of ether oxygens (including phenoxy) is 1. The predicted octanol–water partition coefficient (Wildman–Crippen LogP) is 3.61. The van der Waals surface area contributed by atoms with E-state index >= 15 is 0 Å². The number of aromatic nitrogens is 1. The van der Waals surface area contributed by atoms with Crippen molar-refractivity contribution < 1.29 is 9.53 Å². The quantitative estimate of drug-likeness (QED) is 0.749. The van der Waals surface area contributed by atoms with Gasteiger partial charge in [0, 0.05) is 23.0 Å². The molecule has 0 aliphatic heterocycles. The Morgan fingerprint density at radius 2 is 1.83 bits per heavy atom. The average molecular weight is 304 g/mol. The molecule has 0 saturated carbocycles. The molecule has 4 heteroatoms. The Balaban J connectivity index is 2.20. The highest BCUT2D eigenvalue weighted by Crippen LogP contribution is 2.36. The minimum atomic E-state index is -0.901. The molecular formula is C19H16N2O2. The molecule has 4 nitrogen and oxygen atoms in total. The molecule has 0 saturated heterocycles. The second-order valence-corrected chi connectivity index (χ2v) is 5.31. The van der Waals surface area contributed by atoms with Gasteiger partial charge in [-0.15, -0.1) is 0 Å². The molecule has 2 atom stereocenters. The van der Waals surface area contributed by atoms with Crippen LogP contribution in [-0.4, -0.2) is 18.1 Å². The number of methoxy groups -OCH3 is 1. The molecule has 0 bridgehead atoms. The minimum absolute atomic E-state index is 0.384. The molecule has 114 valence electrons. The monoisotopic (exact) mass is 304 g/mol. The first-order valence-corrected chi connectivity index (χ1v) is 7.34. The zero-order valence-corrected chi connectivity index (χ0v) is 12.7. The van der Waals surface area contributed by atoms with Crippen LogP contribution in [0, 0.1) is 17.2 Å². The van der Waals surface area contributed by atoms with E-state index in [9.17, 15) is 10.1 Å². The van der Waals surface area contributed by atoms with E-state index in [0.717, 1.165) is 22.0 Å². The van der Waals surface area contributed by atoms with Crippen molar-refractivity contribution in [2.45, 2.75) is 5.92 Å². The summed E-state index contributed by atoms with van der Waals surface area (Å²) in [5.74, 6) is -1.81. The van der Waals surface area contributed by atoms with Crippen LogP contribution in [0.2, 0.25) is 0 Å². The topological polar surface area (TPSA) is 65.9 Å². The van der Waals surface area contributed by atoms with Crippen LogP contribution in [0.25, 0.3) is 10.9 Å². The lowest BCUT2D eigenvalue weighted by Crippen LogP contribution is -2.23. The maximum absolute atomic E-state index is 12.1. The number of esters is 1. The maximum Gasteiger partial charge on any atom is 0.324 e. The molecule has 0 spiro atoms. The van der Waals surface area contributed by atoms with Crippen LogP contribution in [0.15, 0.2) is 60.8 Å². The molecule has 3 rings (SSSR count). The lowest BCUT2D eigenvalue weighted by Gasteiger charge is -2.20. The van der Waals surface area contributed by atoms with Crippen molar-refractivity contribution in [3.63, 3.8) is 0 Å². The number of nitriles is 1. The van der Waals surface area contributed by atoms with E-state index < -0.39 is 11.9 Å². The normalized spacial score (nSPS) is 13.2. The van der Waals surface area contributed by atoms with Crippen LogP contribution in [0.1, 0.15) is 17.0 Å². The fourth-order valence-corrected chi connectivity index (χ4v) is 2.95. The van der Waals surface area contributed by atoms with Gasteiger partial charge in [-0.1, -0.05) is 48.5 Å². The number of nitrogens with zero attached hydrogens (tertiary/aromatic N) is 1. The Morgan fingerprint density at radius 3 is 2.52 bits per heavy atom. The molecular weight excluding hydrogens is 288 g/mol. The van der Waals surface area contributed by atoms with Crippen molar-refractivity contribution in [3.05, 3.63) is 71.9 Å². The third-order valence-corrected chi connectivity index (χ3v) is 4.04. The first kappa shape index (κ1) is 14.9. The molecule has 0 amide bonds. The van der Waals surface area contributed by atoms with E-state index in [-0.39, 0.29) is 5.92 Å². The van der Waals surface area contributed by atoms with Crippen molar-refractivity contribution in [1.82, 2.24) is 4.98 Å². The Hall–Kier alpha value is -3.06. The highest BCUT2D eigenvalue weighted by atomic mass is 16.5. The van der Waals surface area contributed by atoms with Crippen molar-refractivity contribution in [2.75, 3.05) is 7.11 Å². The molecule has 2 aromatic carbocycles. The predicted molar refractivity (Wildman–Crippen MR) is 87.7 cm³/mol. The fraction of sp³-hybridized carbons (Fsp3) is 0.158. The molecule has 0 aliphatic rings. The average Bonchev–Trinajstić information content (AvgIpc) is 3.03. The zero-order chi connectivity index (χ0) is 16.2. The van der Waals surface area contributed by atoms with Gasteiger partial charge in [0.2, 0.25) is 0 Å². The second-order valence-electron chi connectivity index (χ2n) is 5.31. The zero-order valence-electron chi connectivity index (χ0n) is 12.7. The van der Waals surface area contributed by atoms with Crippen LogP contribution in [0.4, 0.5) is 0 Å². The molecule has 1 heterocycles. The number of hydrogen-bond acceptors (Lipinski definition) is 3. The lowest BCUT2D eigenvalue weighted by atomic mass is 9.81. The van der Waals surface area contributed by atoms with E-state index in [0.29, 0.717) is 0 Å². The van der Waals surface area contributed by atoms with Crippen LogP contribution in [0.5, 0.6) is 0 Å². The second kappa shape index (κ2) is 6.37. The molecule has 1 N–H and O–H groups in total. The first-order valence-electron chi connectivity index (χ1n) is 7.34. The van der Waals surface area contributed by atoms with Gasteiger partial charge in [-0.25, -0.2) is 0 Å². The third kappa shape index (κ3) is 2.69. The molecule has 2 unspecified atom stereocenters. The smallest absolute Gasteiger partial charge is 0.324 e. The van der Waals surface area contributed by atoms with Gasteiger partial charge in [0.05, 0.1) is 13.2 Å². The van der Waals surface area contributed by atoms with E-state index in [1.54, 1.807) is 0 Å². The molecule has 0 fully saturated rings. The number of benzene rings is 2. The largest absolute Gasteiger partial charge is 0.468 e. The standard InChI is InChI=1S/C19H16N2O2/c1-23-19(22)15(11-20)18(13-7-3-2-4-8-13)16-12-21-17-10-6-5-9-14(16)17/h2-10,12,15,18,21H,1H3. The Bertz CT molecular complexity index is 862.